The Hall–Kier alpha value is -2.12. The van der Waals surface area contributed by atoms with Crippen LogP contribution >= 0.6 is 0 Å². The topological polar surface area (TPSA) is 71.1 Å². The van der Waals surface area contributed by atoms with Crippen molar-refractivity contribution in [2.24, 2.45) is 5.92 Å². The van der Waals surface area contributed by atoms with Gasteiger partial charge in [-0.1, -0.05) is 44.2 Å². The Bertz CT molecular complexity index is 675. The molecule has 1 spiro atoms. The molecule has 0 aromatic heterocycles. The number of benzene rings is 1. The van der Waals surface area contributed by atoms with Crippen LogP contribution in [0.1, 0.15) is 26.3 Å². The molecule has 2 fully saturated rings. The number of amides is 2. The summed E-state index contributed by atoms with van der Waals surface area (Å²) in [6.45, 7) is 7.74. The van der Waals surface area contributed by atoms with Gasteiger partial charge in [0.15, 0.2) is 5.72 Å². The highest BCUT2D eigenvalue weighted by Gasteiger charge is 2.53. The number of nitrogens with one attached hydrogen (secondary N) is 1. The Balaban J connectivity index is 1.68. The molecule has 2 atom stereocenters. The monoisotopic (exact) mass is 375 g/mol. The molecule has 0 aliphatic carbocycles. The van der Waals surface area contributed by atoms with E-state index in [1.54, 1.807) is 11.9 Å². The van der Waals surface area contributed by atoms with E-state index in [0.29, 0.717) is 19.6 Å². The lowest BCUT2D eigenvalue weighted by atomic mass is 10.0. The lowest BCUT2D eigenvalue weighted by molar-refractivity contribution is -0.153. The Morgan fingerprint density at radius 3 is 2.56 bits per heavy atom. The normalized spacial score (nSPS) is 21.8. The van der Waals surface area contributed by atoms with Gasteiger partial charge in [-0.15, -0.1) is 0 Å². The van der Waals surface area contributed by atoms with Gasteiger partial charge in [0, 0.05) is 20.1 Å². The summed E-state index contributed by atoms with van der Waals surface area (Å²) < 4.78 is 11.5. The van der Waals surface area contributed by atoms with Crippen LogP contribution in [0.2, 0.25) is 0 Å². The molecule has 2 amide bonds. The Morgan fingerprint density at radius 1 is 1.33 bits per heavy atom. The number of ether oxygens (including phenoxy) is 2. The van der Waals surface area contributed by atoms with Crippen LogP contribution in [-0.4, -0.2) is 66.4 Å². The second-order valence-electron chi connectivity index (χ2n) is 7.76. The van der Waals surface area contributed by atoms with Gasteiger partial charge in [0.1, 0.15) is 12.6 Å². The molecule has 27 heavy (non-hydrogen) atoms. The molecule has 7 nitrogen and oxygen atoms in total. The molecule has 2 aliphatic rings. The first kappa shape index (κ1) is 19.6. The van der Waals surface area contributed by atoms with E-state index in [2.05, 4.69) is 5.32 Å². The number of carbonyl (C=O) groups is 2. The number of nitrogens with zero attached hydrogens (tertiary/aromatic N) is 2. The number of likely N-dealkylation sites (N-methyl/N-ethyl adjacent to an activating group) is 1. The summed E-state index contributed by atoms with van der Waals surface area (Å²) in [6, 6.07) is 8.68. The summed E-state index contributed by atoms with van der Waals surface area (Å²) in [5.74, 6) is -0.461. The lowest BCUT2D eigenvalue weighted by Gasteiger charge is -2.46. The van der Waals surface area contributed by atoms with Crippen molar-refractivity contribution < 1.29 is 19.1 Å². The molecule has 148 valence electrons. The van der Waals surface area contributed by atoms with Gasteiger partial charge in [-0.3, -0.25) is 4.90 Å². The molecule has 2 heterocycles. The number of esters is 1. The molecule has 2 saturated heterocycles. The highest BCUT2D eigenvalue weighted by Crippen LogP contribution is 2.32. The third kappa shape index (κ3) is 3.94. The fraction of sp³-hybridized carbons (Fsp3) is 0.600. The molecule has 7 heteroatoms. The summed E-state index contributed by atoms with van der Waals surface area (Å²) in [4.78, 5) is 29.2. The molecule has 2 aliphatic heterocycles. The fourth-order valence-corrected chi connectivity index (χ4v) is 3.77. The maximum absolute atomic E-state index is 13.2. The van der Waals surface area contributed by atoms with Gasteiger partial charge in [-0.25, -0.2) is 9.59 Å². The zero-order valence-electron chi connectivity index (χ0n) is 16.5. The molecule has 1 aromatic rings. The van der Waals surface area contributed by atoms with E-state index < -0.39 is 17.7 Å². The minimum absolute atomic E-state index is 0.0213. The first-order chi connectivity index (χ1) is 12.8. The maximum Gasteiger partial charge on any atom is 0.329 e. The average molecular weight is 375 g/mol. The summed E-state index contributed by atoms with van der Waals surface area (Å²) in [7, 11) is 1.67. The van der Waals surface area contributed by atoms with Crippen molar-refractivity contribution in [1.29, 1.82) is 0 Å². The van der Waals surface area contributed by atoms with E-state index in [-0.39, 0.29) is 24.7 Å². The molecular weight excluding hydrogens is 346 g/mol. The van der Waals surface area contributed by atoms with Gasteiger partial charge < -0.3 is 19.7 Å². The fourth-order valence-electron chi connectivity index (χ4n) is 3.77. The van der Waals surface area contributed by atoms with Gasteiger partial charge in [0.05, 0.1) is 12.6 Å². The second-order valence-corrected chi connectivity index (χ2v) is 7.76. The van der Waals surface area contributed by atoms with E-state index in [1.807, 2.05) is 51.1 Å². The highest BCUT2D eigenvalue weighted by molar-refractivity contribution is 5.84. The molecule has 1 N–H and O–H groups in total. The Morgan fingerprint density at radius 2 is 2.00 bits per heavy atom. The largest absolute Gasteiger partial charge is 0.459 e. The molecule has 3 rings (SSSR count). The minimum Gasteiger partial charge on any atom is -0.459 e. The third-order valence-corrected chi connectivity index (χ3v) is 5.20. The van der Waals surface area contributed by atoms with Crippen LogP contribution in [0.15, 0.2) is 30.3 Å². The Labute approximate surface area is 160 Å². The van der Waals surface area contributed by atoms with Crippen molar-refractivity contribution in [3.8, 4) is 0 Å². The summed E-state index contributed by atoms with van der Waals surface area (Å²) >= 11 is 0. The van der Waals surface area contributed by atoms with Crippen molar-refractivity contribution in [2.45, 2.75) is 45.2 Å². The van der Waals surface area contributed by atoms with Gasteiger partial charge in [-0.2, -0.15) is 0 Å². The van der Waals surface area contributed by atoms with Gasteiger partial charge >= 0.3 is 12.0 Å². The summed E-state index contributed by atoms with van der Waals surface area (Å²) in [6.07, 6.45) is -0.0213. The van der Waals surface area contributed by atoms with Gasteiger partial charge in [0.2, 0.25) is 0 Å². The predicted molar refractivity (Wildman–Crippen MR) is 101 cm³/mol. The van der Waals surface area contributed by atoms with Crippen molar-refractivity contribution in [3.05, 3.63) is 35.9 Å². The van der Waals surface area contributed by atoms with E-state index in [4.69, 9.17) is 9.47 Å². The molecule has 0 bridgehead atoms. The standard InChI is InChI=1S/C20H29N3O4/c1-14(2)17(18(24)26-11-16-8-6-5-7-9-16)22(4)19(25)23-10-15(3)27-20(23)12-21-13-20/h5-9,14-15,17,21H,10-13H2,1-4H3/t15-,17-/m0/s1. The number of hydrogen-bond donors (Lipinski definition) is 1. The van der Waals surface area contributed by atoms with E-state index in [1.165, 1.54) is 4.90 Å². The van der Waals surface area contributed by atoms with Crippen molar-refractivity contribution in [3.63, 3.8) is 0 Å². The van der Waals surface area contributed by atoms with Crippen LogP contribution in [0, 0.1) is 5.92 Å². The van der Waals surface area contributed by atoms with Crippen molar-refractivity contribution >= 4 is 12.0 Å². The van der Waals surface area contributed by atoms with Crippen LogP contribution in [-0.2, 0) is 20.9 Å². The smallest absolute Gasteiger partial charge is 0.329 e. The zero-order valence-corrected chi connectivity index (χ0v) is 16.5. The summed E-state index contributed by atoms with van der Waals surface area (Å²) in [5, 5.41) is 3.17. The molecule has 0 radical (unpaired) electrons. The highest BCUT2D eigenvalue weighted by atomic mass is 16.6. The van der Waals surface area contributed by atoms with Gasteiger partial charge in [-0.05, 0) is 18.4 Å². The third-order valence-electron chi connectivity index (χ3n) is 5.20. The number of hydrogen-bond acceptors (Lipinski definition) is 5. The van der Waals surface area contributed by atoms with Crippen LogP contribution in [0.25, 0.3) is 0 Å². The lowest BCUT2D eigenvalue weighted by Crippen LogP contribution is -2.70. The minimum atomic E-state index is -0.651. The van der Waals surface area contributed by atoms with E-state index >= 15 is 0 Å². The second kappa shape index (κ2) is 7.86. The SMILES string of the molecule is CC(C)[C@@H](C(=O)OCc1ccccc1)N(C)C(=O)N1C[C@H](C)OC12CNC2. The van der Waals surface area contributed by atoms with Crippen LogP contribution < -0.4 is 5.32 Å². The molecule has 0 saturated carbocycles. The number of rotatable bonds is 5. The van der Waals surface area contributed by atoms with E-state index in [0.717, 1.165) is 5.56 Å². The maximum atomic E-state index is 13.2. The van der Waals surface area contributed by atoms with Crippen molar-refractivity contribution in [2.75, 3.05) is 26.7 Å². The van der Waals surface area contributed by atoms with Crippen LogP contribution in [0.3, 0.4) is 0 Å². The first-order valence-corrected chi connectivity index (χ1v) is 9.47. The Kier molecular flexibility index (Phi) is 5.72. The summed E-state index contributed by atoms with van der Waals surface area (Å²) in [5.41, 5.74) is 0.337. The molecule has 0 unspecified atom stereocenters. The van der Waals surface area contributed by atoms with Crippen LogP contribution in [0.4, 0.5) is 4.79 Å². The zero-order chi connectivity index (χ0) is 19.6. The molecular formula is C20H29N3O4. The quantitative estimate of drug-likeness (QED) is 0.795. The number of carbonyl (C=O) groups excluding carboxylic acids is 2. The van der Waals surface area contributed by atoms with E-state index in [9.17, 15) is 9.59 Å². The van der Waals surface area contributed by atoms with Crippen LogP contribution in [0.5, 0.6) is 0 Å². The first-order valence-electron chi connectivity index (χ1n) is 9.47. The average Bonchev–Trinajstić information content (AvgIpc) is 2.98. The molecule has 1 aromatic carbocycles. The van der Waals surface area contributed by atoms with Crippen molar-refractivity contribution in [1.82, 2.24) is 15.1 Å². The van der Waals surface area contributed by atoms with Gasteiger partial charge in [0.25, 0.3) is 0 Å². The predicted octanol–water partition coefficient (Wildman–Crippen LogP) is 1.83. The number of urea groups is 1.